The van der Waals surface area contributed by atoms with Crippen molar-refractivity contribution in [3.05, 3.63) is 98.8 Å². The molecule has 0 amide bonds. The molecule has 0 atom stereocenters. The van der Waals surface area contributed by atoms with E-state index >= 15 is 0 Å². The summed E-state index contributed by atoms with van der Waals surface area (Å²) in [5.74, 6) is -2.66. The van der Waals surface area contributed by atoms with Crippen LogP contribution in [-0.2, 0) is 19.6 Å². The number of methoxy groups -OCH3 is 1. The highest BCUT2D eigenvalue weighted by Gasteiger charge is 2.32. The zero-order chi connectivity index (χ0) is 25.0. The van der Waals surface area contributed by atoms with Crippen LogP contribution < -0.4 is 4.31 Å². The molecule has 0 aliphatic rings. The van der Waals surface area contributed by atoms with E-state index in [0.717, 1.165) is 43.5 Å². The molecular formula is C22H16ClFN2O7S. The quantitative estimate of drug-likeness (QED) is 0.196. The summed E-state index contributed by atoms with van der Waals surface area (Å²) in [6.07, 6.45) is 0. The van der Waals surface area contributed by atoms with Crippen LogP contribution in [0.2, 0.25) is 5.02 Å². The molecule has 3 aromatic carbocycles. The van der Waals surface area contributed by atoms with Crippen molar-refractivity contribution in [2.24, 2.45) is 0 Å². The Bertz CT molecular complexity index is 1380. The summed E-state index contributed by atoms with van der Waals surface area (Å²) in [4.78, 5) is 35.1. The van der Waals surface area contributed by atoms with Crippen molar-refractivity contribution in [3.63, 3.8) is 0 Å². The van der Waals surface area contributed by atoms with Crippen molar-refractivity contribution in [1.29, 1.82) is 0 Å². The molecule has 34 heavy (non-hydrogen) atoms. The molecule has 0 bridgehead atoms. The smallest absolute Gasteiger partial charge is 0.326 e. The number of hydrogen-bond acceptors (Lipinski definition) is 7. The van der Waals surface area contributed by atoms with Gasteiger partial charge in [0, 0.05) is 22.7 Å². The number of sulfonamides is 1. The van der Waals surface area contributed by atoms with Gasteiger partial charge in [0.05, 0.1) is 28.2 Å². The van der Waals surface area contributed by atoms with Gasteiger partial charge in [-0.2, -0.15) is 0 Å². The first-order chi connectivity index (χ1) is 16.1. The van der Waals surface area contributed by atoms with E-state index in [1.165, 1.54) is 30.3 Å². The number of ether oxygens (including phenoxy) is 1. The largest absolute Gasteiger partial charge is 0.468 e. The maximum absolute atomic E-state index is 14.3. The highest BCUT2D eigenvalue weighted by Crippen LogP contribution is 2.32. The Balaban J connectivity index is 2.20. The van der Waals surface area contributed by atoms with Crippen molar-refractivity contribution in [1.82, 2.24) is 0 Å². The molecule has 3 rings (SSSR count). The lowest BCUT2D eigenvalue weighted by Crippen LogP contribution is -2.37. The topological polar surface area (TPSA) is 124 Å². The van der Waals surface area contributed by atoms with Gasteiger partial charge in [-0.1, -0.05) is 23.7 Å². The summed E-state index contributed by atoms with van der Waals surface area (Å²) in [5.41, 5.74) is -1.23. The lowest BCUT2D eigenvalue weighted by molar-refractivity contribution is -0.384. The van der Waals surface area contributed by atoms with Crippen LogP contribution in [-0.4, -0.2) is 38.7 Å². The number of nitrogens with zero attached hydrogens (tertiary/aromatic N) is 2. The third-order valence-electron chi connectivity index (χ3n) is 4.73. The third-order valence-corrected chi connectivity index (χ3v) is 6.74. The number of benzene rings is 3. The maximum atomic E-state index is 14.3. The minimum atomic E-state index is -4.54. The van der Waals surface area contributed by atoms with Crippen molar-refractivity contribution >= 4 is 44.8 Å². The van der Waals surface area contributed by atoms with Gasteiger partial charge >= 0.3 is 5.97 Å². The van der Waals surface area contributed by atoms with E-state index in [4.69, 9.17) is 11.6 Å². The molecule has 0 aromatic heterocycles. The molecule has 0 radical (unpaired) electrons. The Morgan fingerprint density at radius 3 is 2.29 bits per heavy atom. The summed E-state index contributed by atoms with van der Waals surface area (Å²) < 4.78 is 46.4. The van der Waals surface area contributed by atoms with Crippen LogP contribution in [0.3, 0.4) is 0 Å². The minimum Gasteiger partial charge on any atom is -0.468 e. The summed E-state index contributed by atoms with van der Waals surface area (Å²) >= 11 is 6.03. The van der Waals surface area contributed by atoms with Crippen LogP contribution in [0.25, 0.3) is 0 Å². The minimum absolute atomic E-state index is 0.0641. The molecule has 0 saturated heterocycles. The molecule has 9 nitrogen and oxygen atoms in total. The predicted molar refractivity (Wildman–Crippen MR) is 121 cm³/mol. The molecule has 0 spiro atoms. The second-order valence-corrected chi connectivity index (χ2v) is 9.11. The van der Waals surface area contributed by atoms with Gasteiger partial charge in [-0.15, -0.1) is 0 Å². The lowest BCUT2D eigenvalue weighted by atomic mass is 10.0. The Hall–Kier alpha value is -3.83. The number of nitro groups is 1. The lowest BCUT2D eigenvalue weighted by Gasteiger charge is -2.25. The number of nitro benzene ring substituents is 1. The Kier molecular flexibility index (Phi) is 7.28. The van der Waals surface area contributed by atoms with E-state index in [1.54, 1.807) is 0 Å². The van der Waals surface area contributed by atoms with Crippen LogP contribution in [0.15, 0.2) is 71.6 Å². The summed E-state index contributed by atoms with van der Waals surface area (Å²) in [7, 11) is -3.49. The van der Waals surface area contributed by atoms with E-state index in [9.17, 15) is 32.5 Å². The number of ketones is 1. The summed E-state index contributed by atoms with van der Waals surface area (Å²) in [6, 6.07) is 12.7. The number of halogens is 2. The van der Waals surface area contributed by atoms with Crippen LogP contribution in [0.5, 0.6) is 0 Å². The number of carbonyl (C=O) groups excluding carboxylic acids is 2. The second-order valence-electron chi connectivity index (χ2n) is 6.81. The van der Waals surface area contributed by atoms with Gasteiger partial charge in [0.2, 0.25) is 0 Å². The number of esters is 1. The highest BCUT2D eigenvalue weighted by atomic mass is 35.5. The Labute approximate surface area is 198 Å². The molecular weight excluding hydrogens is 491 g/mol. The fourth-order valence-corrected chi connectivity index (χ4v) is 4.65. The van der Waals surface area contributed by atoms with Gasteiger partial charge in [0.15, 0.2) is 5.78 Å². The van der Waals surface area contributed by atoms with Gasteiger partial charge in [0.1, 0.15) is 12.4 Å². The third kappa shape index (κ3) is 5.05. The number of anilines is 1. The number of hydrogen-bond donors (Lipinski definition) is 0. The standard InChI is InChI=1S/C22H16ClFN2O7S/c1-33-21(27)13-25(34(31,32)16-9-7-15(8-10-16)26(29)30)20-11-6-14(23)12-18(20)22(28)17-4-2-3-5-19(17)24/h2-12H,13H2,1H3. The fourth-order valence-electron chi connectivity index (χ4n) is 3.05. The van der Waals surface area contributed by atoms with Gasteiger partial charge in [-0.25, -0.2) is 12.8 Å². The highest BCUT2D eigenvalue weighted by molar-refractivity contribution is 7.92. The second kappa shape index (κ2) is 9.98. The first-order valence-corrected chi connectivity index (χ1v) is 11.3. The van der Waals surface area contributed by atoms with Gasteiger partial charge in [-0.3, -0.25) is 24.0 Å². The monoisotopic (exact) mass is 506 g/mol. The Morgan fingerprint density at radius 1 is 1.06 bits per heavy atom. The number of non-ortho nitro benzene ring substituents is 1. The molecule has 0 aliphatic heterocycles. The van der Waals surface area contributed by atoms with Gasteiger partial charge in [-0.05, 0) is 42.5 Å². The fraction of sp³-hybridized carbons (Fsp3) is 0.0909. The van der Waals surface area contributed by atoms with Crippen LogP contribution in [0.4, 0.5) is 15.8 Å². The Morgan fingerprint density at radius 2 is 1.71 bits per heavy atom. The molecule has 176 valence electrons. The van der Waals surface area contributed by atoms with Gasteiger partial charge in [0.25, 0.3) is 15.7 Å². The van der Waals surface area contributed by atoms with Crippen molar-refractivity contribution in [2.75, 3.05) is 18.0 Å². The first-order valence-electron chi connectivity index (χ1n) is 9.49. The molecule has 3 aromatic rings. The SMILES string of the molecule is COC(=O)CN(c1ccc(Cl)cc1C(=O)c1ccccc1F)S(=O)(=O)c1ccc([N+](=O)[O-])cc1. The average molecular weight is 507 g/mol. The molecule has 0 saturated carbocycles. The van der Waals surface area contributed by atoms with E-state index < -0.39 is 39.1 Å². The van der Waals surface area contributed by atoms with E-state index in [-0.39, 0.29) is 32.4 Å². The molecule has 12 heteroatoms. The van der Waals surface area contributed by atoms with Gasteiger partial charge < -0.3 is 4.74 Å². The van der Waals surface area contributed by atoms with Crippen molar-refractivity contribution in [2.45, 2.75) is 4.90 Å². The molecule has 0 aliphatic carbocycles. The zero-order valence-electron chi connectivity index (χ0n) is 17.5. The molecule has 0 heterocycles. The first kappa shape index (κ1) is 24.8. The van der Waals surface area contributed by atoms with E-state index in [0.29, 0.717) is 4.31 Å². The van der Waals surface area contributed by atoms with E-state index in [2.05, 4.69) is 4.74 Å². The molecule has 0 fully saturated rings. The zero-order valence-corrected chi connectivity index (χ0v) is 19.0. The number of carbonyl (C=O) groups is 2. The van der Waals surface area contributed by atoms with Crippen LogP contribution >= 0.6 is 11.6 Å². The van der Waals surface area contributed by atoms with Crippen LogP contribution in [0, 0.1) is 15.9 Å². The molecule has 0 unspecified atom stereocenters. The number of rotatable bonds is 8. The predicted octanol–water partition coefficient (Wildman–Crippen LogP) is 3.99. The summed E-state index contributed by atoms with van der Waals surface area (Å²) in [6.45, 7) is -0.838. The average Bonchev–Trinajstić information content (AvgIpc) is 2.82. The maximum Gasteiger partial charge on any atom is 0.326 e. The van der Waals surface area contributed by atoms with Crippen molar-refractivity contribution in [3.8, 4) is 0 Å². The molecule has 0 N–H and O–H groups in total. The summed E-state index contributed by atoms with van der Waals surface area (Å²) in [5, 5.41) is 11.0. The van der Waals surface area contributed by atoms with Crippen LogP contribution in [0.1, 0.15) is 15.9 Å². The van der Waals surface area contributed by atoms with Crippen molar-refractivity contribution < 1.29 is 32.1 Å². The van der Waals surface area contributed by atoms with E-state index in [1.807, 2.05) is 0 Å². The normalized spacial score (nSPS) is 11.0.